The fourth-order valence-corrected chi connectivity index (χ4v) is 2.31. The van der Waals surface area contributed by atoms with Crippen molar-refractivity contribution >= 4 is 11.6 Å². The van der Waals surface area contributed by atoms with Crippen LogP contribution < -0.4 is 5.73 Å². The number of nitrogens with zero attached hydrogens (tertiary/aromatic N) is 2. The summed E-state index contributed by atoms with van der Waals surface area (Å²) in [4.78, 5) is 14.2. The Morgan fingerprint density at radius 1 is 1.50 bits per heavy atom. The number of rotatable bonds is 5. The molecule has 1 heterocycles. The minimum atomic E-state index is -0.0437. The third-order valence-corrected chi connectivity index (χ3v) is 3.81. The van der Waals surface area contributed by atoms with Crippen LogP contribution in [0.1, 0.15) is 49.3 Å². The number of aryl methyl sites for hydroxylation is 1. The van der Waals surface area contributed by atoms with Crippen LogP contribution in [0.4, 0.5) is 5.69 Å². The van der Waals surface area contributed by atoms with Crippen LogP contribution in [0.3, 0.4) is 0 Å². The SMILES string of the molecule is CCc1[nH]nc(C(=O)N(CC)CC2CCC2)c1N. The van der Waals surface area contributed by atoms with Crippen LogP contribution in [-0.2, 0) is 6.42 Å². The van der Waals surface area contributed by atoms with E-state index in [0.717, 1.165) is 18.7 Å². The molecule has 5 nitrogen and oxygen atoms in total. The minimum Gasteiger partial charge on any atom is -0.395 e. The van der Waals surface area contributed by atoms with E-state index >= 15 is 0 Å². The zero-order valence-corrected chi connectivity index (χ0v) is 11.2. The number of aromatic nitrogens is 2. The van der Waals surface area contributed by atoms with Crippen LogP contribution >= 0.6 is 0 Å². The van der Waals surface area contributed by atoms with E-state index < -0.39 is 0 Å². The maximum atomic E-state index is 12.4. The predicted molar refractivity (Wildman–Crippen MR) is 71.3 cm³/mol. The number of amides is 1. The lowest BCUT2D eigenvalue weighted by Crippen LogP contribution is -2.37. The molecule has 0 aliphatic heterocycles. The van der Waals surface area contributed by atoms with Crippen molar-refractivity contribution in [1.82, 2.24) is 15.1 Å². The van der Waals surface area contributed by atoms with Crippen LogP contribution in [0.5, 0.6) is 0 Å². The molecule has 1 aliphatic rings. The Hall–Kier alpha value is -1.52. The van der Waals surface area contributed by atoms with Crippen molar-refractivity contribution in [3.8, 4) is 0 Å². The number of hydrogen-bond acceptors (Lipinski definition) is 3. The molecule has 1 fully saturated rings. The fourth-order valence-electron chi connectivity index (χ4n) is 2.31. The van der Waals surface area contributed by atoms with Crippen molar-refractivity contribution in [1.29, 1.82) is 0 Å². The van der Waals surface area contributed by atoms with Crippen molar-refractivity contribution < 1.29 is 4.79 Å². The molecule has 100 valence electrons. The molecular formula is C13H22N4O. The third kappa shape index (κ3) is 2.35. The Balaban J connectivity index is 2.09. The summed E-state index contributed by atoms with van der Waals surface area (Å²) in [6.07, 6.45) is 4.53. The molecule has 0 saturated heterocycles. The Bertz CT molecular complexity index is 423. The molecule has 18 heavy (non-hydrogen) atoms. The van der Waals surface area contributed by atoms with E-state index in [9.17, 15) is 4.79 Å². The van der Waals surface area contributed by atoms with Gasteiger partial charge in [-0.1, -0.05) is 13.3 Å². The second-order valence-electron chi connectivity index (χ2n) is 4.96. The molecule has 1 aromatic heterocycles. The van der Waals surface area contributed by atoms with Crippen molar-refractivity contribution in [2.75, 3.05) is 18.8 Å². The highest BCUT2D eigenvalue weighted by Gasteiger charge is 2.26. The van der Waals surface area contributed by atoms with Crippen molar-refractivity contribution in [2.24, 2.45) is 5.92 Å². The van der Waals surface area contributed by atoms with Gasteiger partial charge in [-0.05, 0) is 32.1 Å². The van der Waals surface area contributed by atoms with E-state index in [-0.39, 0.29) is 5.91 Å². The number of carbonyl (C=O) groups excluding carboxylic acids is 1. The van der Waals surface area contributed by atoms with Gasteiger partial charge in [0.25, 0.3) is 5.91 Å². The average molecular weight is 250 g/mol. The van der Waals surface area contributed by atoms with Gasteiger partial charge in [0.05, 0.1) is 11.4 Å². The molecule has 0 aromatic carbocycles. The normalized spacial score (nSPS) is 15.4. The van der Waals surface area contributed by atoms with Crippen molar-refractivity contribution in [2.45, 2.75) is 39.5 Å². The highest BCUT2D eigenvalue weighted by Crippen LogP contribution is 2.28. The number of nitrogen functional groups attached to an aromatic ring is 1. The van der Waals surface area contributed by atoms with Crippen molar-refractivity contribution in [3.05, 3.63) is 11.4 Å². The van der Waals surface area contributed by atoms with Gasteiger partial charge in [0.1, 0.15) is 0 Å². The first-order valence-corrected chi connectivity index (χ1v) is 6.79. The molecule has 1 amide bonds. The van der Waals surface area contributed by atoms with Gasteiger partial charge >= 0.3 is 0 Å². The van der Waals surface area contributed by atoms with Crippen LogP contribution in [0.15, 0.2) is 0 Å². The zero-order valence-electron chi connectivity index (χ0n) is 11.2. The summed E-state index contributed by atoms with van der Waals surface area (Å²) in [6, 6.07) is 0. The van der Waals surface area contributed by atoms with E-state index in [1.807, 2.05) is 18.7 Å². The standard InChI is InChI=1S/C13H22N4O/c1-3-10-11(14)12(16-15-10)13(18)17(4-2)8-9-6-5-7-9/h9H,3-8,14H2,1-2H3,(H,15,16). The minimum absolute atomic E-state index is 0.0437. The molecular weight excluding hydrogens is 228 g/mol. The van der Waals surface area contributed by atoms with Gasteiger partial charge in [0.15, 0.2) is 5.69 Å². The maximum absolute atomic E-state index is 12.4. The van der Waals surface area contributed by atoms with E-state index in [0.29, 0.717) is 23.8 Å². The Morgan fingerprint density at radius 2 is 2.22 bits per heavy atom. The van der Waals surface area contributed by atoms with E-state index in [1.54, 1.807) is 0 Å². The third-order valence-electron chi connectivity index (χ3n) is 3.81. The fraction of sp³-hybridized carbons (Fsp3) is 0.692. The van der Waals surface area contributed by atoms with Gasteiger partial charge in [-0.25, -0.2) is 0 Å². The molecule has 0 atom stereocenters. The molecule has 0 bridgehead atoms. The van der Waals surface area contributed by atoms with Gasteiger partial charge in [0.2, 0.25) is 0 Å². The zero-order chi connectivity index (χ0) is 13.1. The van der Waals surface area contributed by atoms with E-state index in [1.165, 1.54) is 19.3 Å². The molecule has 0 radical (unpaired) electrons. The molecule has 2 rings (SSSR count). The Kier molecular flexibility index (Phi) is 3.89. The van der Waals surface area contributed by atoms with E-state index in [2.05, 4.69) is 10.2 Å². The first-order valence-electron chi connectivity index (χ1n) is 6.79. The van der Waals surface area contributed by atoms with Gasteiger partial charge in [-0.3, -0.25) is 9.89 Å². The number of aromatic amines is 1. The number of H-pyrrole nitrogens is 1. The summed E-state index contributed by atoms with van der Waals surface area (Å²) in [5.41, 5.74) is 7.68. The lowest BCUT2D eigenvalue weighted by molar-refractivity contribution is 0.0701. The average Bonchev–Trinajstić information content (AvgIpc) is 2.68. The molecule has 1 aromatic rings. The summed E-state index contributed by atoms with van der Waals surface area (Å²) < 4.78 is 0. The van der Waals surface area contributed by atoms with Crippen molar-refractivity contribution in [3.63, 3.8) is 0 Å². The van der Waals surface area contributed by atoms with Gasteiger partial charge in [-0.15, -0.1) is 0 Å². The van der Waals surface area contributed by atoms with Crippen LogP contribution in [0.2, 0.25) is 0 Å². The quantitative estimate of drug-likeness (QED) is 0.837. The van der Waals surface area contributed by atoms with E-state index in [4.69, 9.17) is 5.73 Å². The van der Waals surface area contributed by atoms with Crippen LogP contribution in [0, 0.1) is 5.92 Å². The van der Waals surface area contributed by atoms with Crippen LogP contribution in [-0.4, -0.2) is 34.1 Å². The smallest absolute Gasteiger partial charge is 0.276 e. The second kappa shape index (κ2) is 5.42. The lowest BCUT2D eigenvalue weighted by Gasteiger charge is -2.31. The number of anilines is 1. The van der Waals surface area contributed by atoms with Gasteiger partial charge in [-0.2, -0.15) is 5.10 Å². The lowest BCUT2D eigenvalue weighted by atomic mass is 9.85. The molecule has 1 saturated carbocycles. The number of carbonyl (C=O) groups is 1. The summed E-state index contributed by atoms with van der Waals surface area (Å²) in [5, 5.41) is 6.91. The highest BCUT2D eigenvalue weighted by atomic mass is 16.2. The summed E-state index contributed by atoms with van der Waals surface area (Å²) in [7, 11) is 0. The summed E-state index contributed by atoms with van der Waals surface area (Å²) in [6.45, 7) is 5.54. The molecule has 1 aliphatic carbocycles. The van der Waals surface area contributed by atoms with Gasteiger partial charge in [0, 0.05) is 13.1 Å². The molecule has 0 unspecified atom stereocenters. The second-order valence-corrected chi connectivity index (χ2v) is 4.96. The monoisotopic (exact) mass is 250 g/mol. The molecule has 5 heteroatoms. The first-order chi connectivity index (χ1) is 8.67. The first kappa shape index (κ1) is 12.9. The van der Waals surface area contributed by atoms with Crippen LogP contribution in [0.25, 0.3) is 0 Å². The largest absolute Gasteiger partial charge is 0.395 e. The molecule has 0 spiro atoms. The number of nitrogens with one attached hydrogen (secondary N) is 1. The number of hydrogen-bond donors (Lipinski definition) is 2. The summed E-state index contributed by atoms with van der Waals surface area (Å²) >= 11 is 0. The Morgan fingerprint density at radius 3 is 2.67 bits per heavy atom. The highest BCUT2D eigenvalue weighted by molar-refractivity contribution is 5.97. The summed E-state index contributed by atoms with van der Waals surface area (Å²) in [5.74, 6) is 0.623. The topological polar surface area (TPSA) is 75.0 Å². The predicted octanol–water partition coefficient (Wildman–Crippen LogP) is 1.82. The van der Waals surface area contributed by atoms with Gasteiger partial charge < -0.3 is 10.6 Å². The number of nitrogens with two attached hydrogens (primary N) is 1. The maximum Gasteiger partial charge on any atom is 0.276 e. The Labute approximate surface area is 108 Å². The molecule has 3 N–H and O–H groups in total.